The first-order valence-corrected chi connectivity index (χ1v) is 8.66. The van der Waals surface area contributed by atoms with E-state index in [9.17, 15) is 4.79 Å². The van der Waals surface area contributed by atoms with Crippen LogP contribution in [0.2, 0.25) is 0 Å². The highest BCUT2D eigenvalue weighted by atomic mass is 16.2. The second-order valence-electron chi connectivity index (χ2n) is 6.25. The van der Waals surface area contributed by atoms with Crippen LogP contribution in [0.1, 0.15) is 5.56 Å². The van der Waals surface area contributed by atoms with Gasteiger partial charge in [0.15, 0.2) is 11.5 Å². The molecule has 136 valence electrons. The van der Waals surface area contributed by atoms with Crippen LogP contribution in [-0.4, -0.2) is 32.5 Å². The molecule has 0 atom stereocenters. The predicted molar refractivity (Wildman–Crippen MR) is 105 cm³/mol. The standard InChI is InChI=1S/C21H16N6O/c1-26(17-9-7-15(11-22)8-10-17)19(28)13-27-14-24-18-12-23-20(25-21(18)27)16-5-3-2-4-6-16/h2-10,12,14H,13H2,1H3. The number of amides is 1. The third-order valence-corrected chi connectivity index (χ3v) is 4.45. The first kappa shape index (κ1) is 17.4. The van der Waals surface area contributed by atoms with E-state index in [4.69, 9.17) is 5.26 Å². The van der Waals surface area contributed by atoms with Crippen molar-refractivity contribution in [1.29, 1.82) is 5.26 Å². The maximum absolute atomic E-state index is 12.7. The molecule has 0 aliphatic carbocycles. The summed E-state index contributed by atoms with van der Waals surface area (Å²) in [4.78, 5) is 27.5. The Hall–Kier alpha value is -4.05. The first-order chi connectivity index (χ1) is 13.7. The molecular formula is C21H16N6O. The van der Waals surface area contributed by atoms with Crippen molar-refractivity contribution < 1.29 is 4.79 Å². The van der Waals surface area contributed by atoms with Crippen LogP contribution in [0.4, 0.5) is 5.69 Å². The summed E-state index contributed by atoms with van der Waals surface area (Å²) in [7, 11) is 1.70. The van der Waals surface area contributed by atoms with Crippen molar-refractivity contribution in [1.82, 2.24) is 19.5 Å². The second-order valence-corrected chi connectivity index (χ2v) is 6.25. The largest absolute Gasteiger partial charge is 0.314 e. The minimum atomic E-state index is -0.121. The van der Waals surface area contributed by atoms with E-state index in [1.165, 1.54) is 0 Å². The summed E-state index contributed by atoms with van der Waals surface area (Å²) in [5, 5.41) is 8.90. The van der Waals surface area contributed by atoms with Gasteiger partial charge in [-0.15, -0.1) is 0 Å². The molecule has 7 nitrogen and oxygen atoms in total. The number of imidazole rings is 1. The average Bonchev–Trinajstić information content (AvgIpc) is 3.15. The number of rotatable bonds is 4. The minimum absolute atomic E-state index is 0.0955. The molecule has 1 amide bonds. The molecule has 0 radical (unpaired) electrons. The van der Waals surface area contributed by atoms with Crippen molar-refractivity contribution in [3.05, 3.63) is 72.7 Å². The van der Waals surface area contributed by atoms with E-state index in [1.54, 1.807) is 53.3 Å². The number of aromatic nitrogens is 4. The molecule has 2 aromatic heterocycles. The van der Waals surface area contributed by atoms with Gasteiger partial charge in [-0.3, -0.25) is 4.79 Å². The zero-order chi connectivity index (χ0) is 19.5. The molecule has 0 unspecified atom stereocenters. The molecule has 0 bridgehead atoms. The molecule has 4 rings (SSSR count). The fourth-order valence-corrected chi connectivity index (χ4v) is 2.85. The predicted octanol–water partition coefficient (Wildman–Crippen LogP) is 3.03. The molecule has 0 N–H and O–H groups in total. The van der Waals surface area contributed by atoms with Gasteiger partial charge in [0.2, 0.25) is 5.91 Å². The van der Waals surface area contributed by atoms with E-state index >= 15 is 0 Å². The molecule has 0 saturated heterocycles. The Balaban J connectivity index is 1.60. The van der Waals surface area contributed by atoms with Gasteiger partial charge in [0.05, 0.1) is 24.2 Å². The average molecular weight is 368 g/mol. The molecule has 0 fully saturated rings. The summed E-state index contributed by atoms with van der Waals surface area (Å²) in [5.74, 6) is 0.464. The molecule has 0 spiro atoms. The van der Waals surface area contributed by atoms with E-state index in [-0.39, 0.29) is 12.5 Å². The molecule has 0 aliphatic heterocycles. The van der Waals surface area contributed by atoms with Gasteiger partial charge >= 0.3 is 0 Å². The maximum atomic E-state index is 12.7. The Morgan fingerprint density at radius 3 is 2.57 bits per heavy atom. The highest BCUT2D eigenvalue weighted by molar-refractivity contribution is 5.93. The highest BCUT2D eigenvalue weighted by Crippen LogP contribution is 2.18. The number of benzene rings is 2. The lowest BCUT2D eigenvalue weighted by molar-refractivity contribution is -0.118. The number of anilines is 1. The minimum Gasteiger partial charge on any atom is -0.314 e. The van der Waals surface area contributed by atoms with Crippen molar-refractivity contribution in [3.8, 4) is 17.5 Å². The quantitative estimate of drug-likeness (QED) is 0.552. The third-order valence-electron chi connectivity index (χ3n) is 4.45. The fraction of sp³-hybridized carbons (Fsp3) is 0.0952. The number of carbonyl (C=O) groups excluding carboxylic acids is 1. The highest BCUT2D eigenvalue weighted by Gasteiger charge is 2.15. The monoisotopic (exact) mass is 368 g/mol. The van der Waals surface area contributed by atoms with E-state index < -0.39 is 0 Å². The maximum Gasteiger partial charge on any atom is 0.246 e. The van der Waals surface area contributed by atoms with Gasteiger partial charge < -0.3 is 9.47 Å². The normalized spacial score (nSPS) is 10.6. The van der Waals surface area contributed by atoms with Crippen LogP contribution in [0, 0.1) is 11.3 Å². The summed E-state index contributed by atoms with van der Waals surface area (Å²) in [6, 6.07) is 18.6. The topological polar surface area (TPSA) is 87.7 Å². The number of carbonyl (C=O) groups is 1. The van der Waals surface area contributed by atoms with Gasteiger partial charge in [0.25, 0.3) is 0 Å². The summed E-state index contributed by atoms with van der Waals surface area (Å²) in [6.07, 6.45) is 3.26. The zero-order valence-corrected chi connectivity index (χ0v) is 15.1. The van der Waals surface area contributed by atoms with Crippen LogP contribution in [0.25, 0.3) is 22.6 Å². The lowest BCUT2D eigenvalue weighted by atomic mass is 10.2. The molecule has 28 heavy (non-hydrogen) atoms. The van der Waals surface area contributed by atoms with Gasteiger partial charge in [-0.2, -0.15) is 5.26 Å². The number of likely N-dealkylation sites (N-methyl/N-ethyl adjacent to an activating group) is 1. The Labute approximate surface area is 161 Å². The molecule has 2 aromatic carbocycles. The van der Waals surface area contributed by atoms with Crippen LogP contribution in [-0.2, 0) is 11.3 Å². The van der Waals surface area contributed by atoms with Crippen molar-refractivity contribution in [2.24, 2.45) is 0 Å². The smallest absolute Gasteiger partial charge is 0.246 e. The molecule has 0 aliphatic rings. The number of hydrogen-bond donors (Lipinski definition) is 0. The van der Waals surface area contributed by atoms with Gasteiger partial charge in [0, 0.05) is 18.3 Å². The Bertz CT molecular complexity index is 1180. The van der Waals surface area contributed by atoms with E-state index in [0.717, 1.165) is 5.56 Å². The zero-order valence-electron chi connectivity index (χ0n) is 15.1. The fourth-order valence-electron chi connectivity index (χ4n) is 2.85. The van der Waals surface area contributed by atoms with Gasteiger partial charge in [-0.05, 0) is 24.3 Å². The van der Waals surface area contributed by atoms with Crippen molar-refractivity contribution in [2.45, 2.75) is 6.54 Å². The lowest BCUT2D eigenvalue weighted by Crippen LogP contribution is -2.29. The van der Waals surface area contributed by atoms with Crippen LogP contribution < -0.4 is 4.90 Å². The first-order valence-electron chi connectivity index (χ1n) is 8.66. The van der Waals surface area contributed by atoms with Gasteiger partial charge in [-0.25, -0.2) is 15.0 Å². The summed E-state index contributed by atoms with van der Waals surface area (Å²) < 4.78 is 1.71. The van der Waals surface area contributed by atoms with Crippen molar-refractivity contribution in [2.75, 3.05) is 11.9 Å². The molecule has 4 aromatic rings. The van der Waals surface area contributed by atoms with Crippen molar-refractivity contribution in [3.63, 3.8) is 0 Å². The van der Waals surface area contributed by atoms with Crippen LogP contribution in [0.3, 0.4) is 0 Å². The Morgan fingerprint density at radius 2 is 1.86 bits per heavy atom. The Kier molecular flexibility index (Phi) is 4.52. The molecule has 7 heteroatoms. The van der Waals surface area contributed by atoms with E-state index in [0.29, 0.717) is 28.2 Å². The summed E-state index contributed by atoms with van der Waals surface area (Å²) in [6.45, 7) is 0.0955. The number of nitriles is 1. The SMILES string of the molecule is CN(C(=O)Cn1cnc2cnc(-c3ccccc3)nc21)c1ccc(C#N)cc1. The van der Waals surface area contributed by atoms with Crippen molar-refractivity contribution >= 4 is 22.8 Å². The summed E-state index contributed by atoms with van der Waals surface area (Å²) in [5.41, 5.74) is 3.41. The summed E-state index contributed by atoms with van der Waals surface area (Å²) >= 11 is 0. The lowest BCUT2D eigenvalue weighted by Gasteiger charge is -2.17. The van der Waals surface area contributed by atoms with E-state index in [1.807, 2.05) is 30.3 Å². The number of hydrogen-bond acceptors (Lipinski definition) is 5. The van der Waals surface area contributed by atoms with Crippen LogP contribution >= 0.6 is 0 Å². The third kappa shape index (κ3) is 3.31. The Morgan fingerprint density at radius 1 is 1.11 bits per heavy atom. The number of fused-ring (bicyclic) bond motifs is 1. The van der Waals surface area contributed by atoms with Gasteiger partial charge in [0.1, 0.15) is 12.1 Å². The molecule has 2 heterocycles. The second kappa shape index (κ2) is 7.29. The molecular weight excluding hydrogens is 352 g/mol. The van der Waals surface area contributed by atoms with E-state index in [2.05, 4.69) is 21.0 Å². The van der Waals surface area contributed by atoms with Crippen LogP contribution in [0.5, 0.6) is 0 Å². The number of nitrogens with zero attached hydrogens (tertiary/aromatic N) is 6. The van der Waals surface area contributed by atoms with Crippen LogP contribution in [0.15, 0.2) is 67.1 Å². The van der Waals surface area contributed by atoms with Gasteiger partial charge in [-0.1, -0.05) is 30.3 Å². The molecule has 0 saturated carbocycles.